The minimum absolute atomic E-state index is 0.400. The Kier molecular flexibility index (Phi) is 4.84. The molecular weight excluding hydrogens is 279 g/mol. The average Bonchev–Trinajstić information content (AvgIpc) is 2.45. The highest BCUT2D eigenvalue weighted by Gasteiger charge is 2.04. The van der Waals surface area contributed by atoms with Crippen LogP contribution in [0.25, 0.3) is 6.08 Å². The van der Waals surface area contributed by atoms with Crippen molar-refractivity contribution in [2.24, 2.45) is 0 Å². The number of hydrogen-bond acceptors (Lipinski definition) is 4. The Morgan fingerprint density at radius 1 is 1.40 bits per heavy atom. The van der Waals surface area contributed by atoms with E-state index in [9.17, 15) is 9.18 Å². The first-order valence-electron chi connectivity index (χ1n) is 5.73. The molecule has 0 aliphatic carbocycles. The second-order valence-electron chi connectivity index (χ2n) is 3.85. The molecule has 0 amide bonds. The number of carboxylic acid groups (broad SMARTS) is 1. The van der Waals surface area contributed by atoms with E-state index in [0.717, 1.165) is 16.7 Å². The van der Waals surface area contributed by atoms with Crippen molar-refractivity contribution in [2.45, 2.75) is 10.8 Å². The van der Waals surface area contributed by atoms with Crippen LogP contribution in [0.1, 0.15) is 11.1 Å². The largest absolute Gasteiger partial charge is 0.478 e. The molecule has 0 bridgehead atoms. The highest BCUT2D eigenvalue weighted by atomic mass is 32.2. The van der Waals surface area contributed by atoms with E-state index < -0.39 is 11.8 Å². The van der Waals surface area contributed by atoms with E-state index in [4.69, 9.17) is 5.11 Å². The Balaban J connectivity index is 2.16. The predicted molar refractivity (Wildman–Crippen MR) is 74.7 cm³/mol. The van der Waals surface area contributed by atoms with Crippen LogP contribution in [0.3, 0.4) is 0 Å². The van der Waals surface area contributed by atoms with Crippen LogP contribution in [-0.2, 0) is 10.5 Å². The molecule has 1 heterocycles. The third-order valence-corrected chi connectivity index (χ3v) is 3.39. The van der Waals surface area contributed by atoms with Crippen LogP contribution >= 0.6 is 11.8 Å². The summed E-state index contributed by atoms with van der Waals surface area (Å²) in [4.78, 5) is 18.6. The SMILES string of the molecule is O=C(O)C=Cc1cc(F)ccc1CSc1cnccn1. The van der Waals surface area contributed by atoms with Gasteiger partial charge in [-0.3, -0.25) is 4.98 Å². The Bertz CT molecular complexity index is 632. The average molecular weight is 290 g/mol. The van der Waals surface area contributed by atoms with E-state index in [1.165, 1.54) is 30.0 Å². The molecular formula is C14H11FN2O2S. The highest BCUT2D eigenvalue weighted by Crippen LogP contribution is 2.23. The summed E-state index contributed by atoms with van der Waals surface area (Å²) in [7, 11) is 0. The number of benzene rings is 1. The van der Waals surface area contributed by atoms with Crippen molar-refractivity contribution in [2.75, 3.05) is 0 Å². The Hall–Kier alpha value is -2.21. The van der Waals surface area contributed by atoms with Gasteiger partial charge in [0.2, 0.25) is 0 Å². The number of rotatable bonds is 5. The van der Waals surface area contributed by atoms with Gasteiger partial charge in [0, 0.05) is 24.2 Å². The standard InChI is InChI=1S/C14H11FN2O2S/c15-12-3-1-11(10(7-12)2-4-14(18)19)9-20-13-8-16-5-6-17-13/h1-8H,9H2,(H,18,19). The van der Waals surface area contributed by atoms with Gasteiger partial charge >= 0.3 is 5.97 Å². The summed E-state index contributed by atoms with van der Waals surface area (Å²) in [6.45, 7) is 0. The summed E-state index contributed by atoms with van der Waals surface area (Å²) in [6, 6.07) is 4.30. The first-order chi connectivity index (χ1) is 9.65. The van der Waals surface area contributed by atoms with Crippen LogP contribution < -0.4 is 0 Å². The van der Waals surface area contributed by atoms with Crippen molar-refractivity contribution in [1.29, 1.82) is 0 Å². The van der Waals surface area contributed by atoms with E-state index in [1.807, 2.05) is 0 Å². The molecule has 6 heteroatoms. The monoisotopic (exact) mass is 290 g/mol. The van der Waals surface area contributed by atoms with E-state index in [0.29, 0.717) is 11.3 Å². The van der Waals surface area contributed by atoms with E-state index in [1.54, 1.807) is 24.7 Å². The lowest BCUT2D eigenvalue weighted by Crippen LogP contribution is -1.91. The number of carboxylic acids is 1. The molecule has 1 N–H and O–H groups in total. The van der Waals surface area contributed by atoms with Crippen LogP contribution in [0.15, 0.2) is 47.9 Å². The third-order valence-electron chi connectivity index (χ3n) is 2.43. The van der Waals surface area contributed by atoms with Crippen molar-refractivity contribution in [3.8, 4) is 0 Å². The number of halogens is 1. The summed E-state index contributed by atoms with van der Waals surface area (Å²) in [5.74, 6) is -0.914. The second-order valence-corrected chi connectivity index (χ2v) is 4.84. The second kappa shape index (κ2) is 6.81. The zero-order valence-electron chi connectivity index (χ0n) is 10.4. The van der Waals surface area contributed by atoms with Gasteiger partial charge in [0.25, 0.3) is 0 Å². The molecule has 2 aromatic rings. The topological polar surface area (TPSA) is 63.1 Å². The van der Waals surface area contributed by atoms with Crippen LogP contribution in [0.4, 0.5) is 4.39 Å². The van der Waals surface area contributed by atoms with Crippen LogP contribution in [0.5, 0.6) is 0 Å². The van der Waals surface area contributed by atoms with Crippen molar-refractivity contribution < 1.29 is 14.3 Å². The minimum atomic E-state index is -1.07. The molecule has 0 radical (unpaired) electrons. The summed E-state index contributed by atoms with van der Waals surface area (Å²) >= 11 is 1.45. The van der Waals surface area contributed by atoms with Crippen molar-refractivity contribution >= 4 is 23.8 Å². The molecule has 0 saturated carbocycles. The maximum absolute atomic E-state index is 13.2. The fourth-order valence-corrected chi connectivity index (χ4v) is 2.36. The van der Waals surface area contributed by atoms with Gasteiger partial charge in [0.15, 0.2) is 0 Å². The van der Waals surface area contributed by atoms with Crippen molar-refractivity contribution in [3.05, 3.63) is 59.8 Å². The lowest BCUT2D eigenvalue weighted by Gasteiger charge is -2.05. The maximum atomic E-state index is 13.2. The summed E-state index contributed by atoms with van der Waals surface area (Å²) in [5.41, 5.74) is 1.38. The van der Waals surface area contributed by atoms with Crippen LogP contribution in [0, 0.1) is 5.82 Å². The Morgan fingerprint density at radius 3 is 2.95 bits per heavy atom. The predicted octanol–water partition coefficient (Wildman–Crippen LogP) is 3.01. The van der Waals surface area contributed by atoms with E-state index in [2.05, 4.69) is 9.97 Å². The minimum Gasteiger partial charge on any atom is -0.478 e. The maximum Gasteiger partial charge on any atom is 0.328 e. The first kappa shape index (κ1) is 14.2. The van der Waals surface area contributed by atoms with Gasteiger partial charge in [-0.15, -0.1) is 11.8 Å². The lowest BCUT2D eigenvalue weighted by molar-refractivity contribution is -0.131. The molecule has 0 unspecified atom stereocenters. The van der Waals surface area contributed by atoms with Gasteiger partial charge in [0.05, 0.1) is 6.20 Å². The number of thioether (sulfide) groups is 1. The zero-order valence-corrected chi connectivity index (χ0v) is 11.2. The molecule has 0 aliphatic rings. The molecule has 0 aliphatic heterocycles. The van der Waals surface area contributed by atoms with Gasteiger partial charge in [-0.25, -0.2) is 14.2 Å². The molecule has 20 heavy (non-hydrogen) atoms. The molecule has 0 spiro atoms. The lowest BCUT2D eigenvalue weighted by atomic mass is 10.1. The van der Waals surface area contributed by atoms with Crippen molar-refractivity contribution in [3.63, 3.8) is 0 Å². The third kappa shape index (κ3) is 4.17. The number of hydrogen-bond donors (Lipinski definition) is 1. The zero-order chi connectivity index (χ0) is 14.4. The number of nitrogens with zero attached hydrogens (tertiary/aromatic N) is 2. The molecule has 2 rings (SSSR count). The van der Waals surface area contributed by atoms with Gasteiger partial charge in [-0.1, -0.05) is 6.07 Å². The molecule has 0 fully saturated rings. The summed E-state index contributed by atoms with van der Waals surface area (Å²) in [5, 5.41) is 9.39. The number of aliphatic carboxylic acids is 1. The molecule has 1 aromatic heterocycles. The Labute approximate surface area is 119 Å². The molecule has 1 aromatic carbocycles. The Morgan fingerprint density at radius 2 is 2.25 bits per heavy atom. The molecule has 0 saturated heterocycles. The van der Waals surface area contributed by atoms with E-state index >= 15 is 0 Å². The van der Waals surface area contributed by atoms with E-state index in [-0.39, 0.29) is 0 Å². The van der Waals surface area contributed by atoms with Gasteiger partial charge < -0.3 is 5.11 Å². The van der Waals surface area contributed by atoms with Crippen LogP contribution in [0.2, 0.25) is 0 Å². The molecule has 4 nitrogen and oxygen atoms in total. The summed E-state index contributed by atoms with van der Waals surface area (Å²) < 4.78 is 13.2. The van der Waals surface area contributed by atoms with Gasteiger partial charge in [-0.05, 0) is 29.3 Å². The fourth-order valence-electron chi connectivity index (χ4n) is 1.53. The summed E-state index contributed by atoms with van der Waals surface area (Å²) in [6.07, 6.45) is 7.20. The number of aromatic nitrogens is 2. The molecule has 102 valence electrons. The smallest absolute Gasteiger partial charge is 0.328 e. The number of carbonyl (C=O) groups is 1. The van der Waals surface area contributed by atoms with Gasteiger partial charge in [-0.2, -0.15) is 0 Å². The normalized spacial score (nSPS) is 10.8. The highest BCUT2D eigenvalue weighted by molar-refractivity contribution is 7.98. The van der Waals surface area contributed by atoms with Gasteiger partial charge in [0.1, 0.15) is 10.8 Å². The quantitative estimate of drug-likeness (QED) is 0.677. The molecule has 0 atom stereocenters. The van der Waals surface area contributed by atoms with Crippen molar-refractivity contribution in [1.82, 2.24) is 9.97 Å². The first-order valence-corrected chi connectivity index (χ1v) is 6.72. The van der Waals surface area contributed by atoms with Crippen LogP contribution in [-0.4, -0.2) is 21.0 Å². The fraction of sp³-hybridized carbons (Fsp3) is 0.0714.